The molecule has 0 spiro atoms. The Hall–Kier alpha value is -2.29. The van der Waals surface area contributed by atoms with Crippen molar-refractivity contribution in [3.8, 4) is 5.75 Å². The summed E-state index contributed by atoms with van der Waals surface area (Å²) in [6, 6.07) is 12.5. The van der Waals surface area contributed by atoms with Gasteiger partial charge < -0.3 is 10.1 Å². The molecule has 2 aromatic rings. The van der Waals surface area contributed by atoms with E-state index in [0.717, 1.165) is 23.3 Å². The summed E-state index contributed by atoms with van der Waals surface area (Å²) in [6.45, 7) is 14.4. The van der Waals surface area contributed by atoms with Gasteiger partial charge in [-0.2, -0.15) is 0 Å². The van der Waals surface area contributed by atoms with E-state index in [1.165, 1.54) is 16.7 Å². The summed E-state index contributed by atoms with van der Waals surface area (Å²) in [6.07, 6.45) is 0.286. The molecule has 0 unspecified atom stereocenters. The predicted octanol–water partition coefficient (Wildman–Crippen LogP) is 5.77. The Morgan fingerprint density at radius 2 is 1.56 bits per heavy atom. The number of carbonyl (C=O) groups excluding carboxylic acids is 1. The molecule has 1 amide bonds. The SMILES string of the molecule is CC[C@H](NC(=O)[C@@H](C)Oc1cc(C)ccc1C(C)C)c1ccc(C)cc1C. The van der Waals surface area contributed by atoms with Crippen LogP contribution in [0.15, 0.2) is 36.4 Å². The lowest BCUT2D eigenvalue weighted by molar-refractivity contribution is -0.128. The Balaban J connectivity index is 2.14. The van der Waals surface area contributed by atoms with Crippen molar-refractivity contribution in [2.75, 3.05) is 0 Å². The van der Waals surface area contributed by atoms with E-state index in [-0.39, 0.29) is 11.9 Å². The van der Waals surface area contributed by atoms with E-state index in [9.17, 15) is 4.79 Å². The molecule has 2 atom stereocenters. The van der Waals surface area contributed by atoms with Gasteiger partial charge >= 0.3 is 0 Å². The van der Waals surface area contributed by atoms with Crippen molar-refractivity contribution in [2.24, 2.45) is 0 Å². The molecule has 3 nitrogen and oxygen atoms in total. The number of benzene rings is 2. The summed E-state index contributed by atoms with van der Waals surface area (Å²) in [5.41, 5.74) is 5.86. The van der Waals surface area contributed by atoms with Gasteiger partial charge in [-0.1, -0.05) is 56.7 Å². The van der Waals surface area contributed by atoms with Crippen LogP contribution in [-0.4, -0.2) is 12.0 Å². The van der Waals surface area contributed by atoms with Gasteiger partial charge in [0.05, 0.1) is 6.04 Å². The zero-order chi connectivity index (χ0) is 20.1. The van der Waals surface area contributed by atoms with Crippen molar-refractivity contribution in [3.63, 3.8) is 0 Å². The highest BCUT2D eigenvalue weighted by Gasteiger charge is 2.21. The van der Waals surface area contributed by atoms with Crippen molar-refractivity contribution < 1.29 is 9.53 Å². The number of carbonyl (C=O) groups is 1. The molecular weight excluding hydrogens is 334 g/mol. The summed E-state index contributed by atoms with van der Waals surface area (Å²) in [4.78, 5) is 12.8. The molecule has 1 N–H and O–H groups in total. The molecule has 3 heteroatoms. The molecule has 0 aromatic heterocycles. The Bertz CT molecular complexity index is 795. The summed E-state index contributed by atoms with van der Waals surface area (Å²) < 4.78 is 6.07. The van der Waals surface area contributed by atoms with Crippen LogP contribution in [0.1, 0.15) is 73.9 Å². The summed E-state index contributed by atoms with van der Waals surface area (Å²) in [5, 5.41) is 3.16. The second kappa shape index (κ2) is 9.07. The third-order valence-corrected chi connectivity index (χ3v) is 4.99. The van der Waals surface area contributed by atoms with Crippen LogP contribution >= 0.6 is 0 Å². The first-order chi connectivity index (χ1) is 12.7. The second-order valence-electron chi connectivity index (χ2n) is 7.79. The van der Waals surface area contributed by atoms with Crippen molar-refractivity contribution in [3.05, 3.63) is 64.2 Å². The molecule has 0 aliphatic rings. The Labute approximate surface area is 164 Å². The first-order valence-electron chi connectivity index (χ1n) is 9.87. The molecule has 2 aromatic carbocycles. The molecule has 0 radical (unpaired) electrons. The minimum Gasteiger partial charge on any atom is -0.481 e. The average Bonchev–Trinajstić information content (AvgIpc) is 2.59. The number of hydrogen-bond acceptors (Lipinski definition) is 2. The summed E-state index contributed by atoms with van der Waals surface area (Å²) >= 11 is 0. The molecule has 0 fully saturated rings. The van der Waals surface area contributed by atoms with Crippen LogP contribution in [0.2, 0.25) is 0 Å². The van der Waals surface area contributed by atoms with Crippen LogP contribution in [0.5, 0.6) is 5.75 Å². The van der Waals surface area contributed by atoms with Crippen LogP contribution in [0.25, 0.3) is 0 Å². The number of rotatable bonds is 7. The molecule has 27 heavy (non-hydrogen) atoms. The highest BCUT2D eigenvalue weighted by Crippen LogP contribution is 2.28. The highest BCUT2D eigenvalue weighted by atomic mass is 16.5. The van der Waals surface area contributed by atoms with E-state index in [0.29, 0.717) is 5.92 Å². The normalized spacial score (nSPS) is 13.3. The number of amides is 1. The zero-order valence-corrected chi connectivity index (χ0v) is 17.7. The van der Waals surface area contributed by atoms with Gasteiger partial charge in [0.1, 0.15) is 5.75 Å². The molecule has 0 aliphatic heterocycles. The molecular formula is C24H33NO2. The smallest absolute Gasteiger partial charge is 0.261 e. The van der Waals surface area contributed by atoms with Gasteiger partial charge in [-0.25, -0.2) is 0 Å². The van der Waals surface area contributed by atoms with Gasteiger partial charge in [0.15, 0.2) is 6.10 Å². The van der Waals surface area contributed by atoms with Crippen molar-refractivity contribution >= 4 is 5.91 Å². The number of hydrogen-bond donors (Lipinski definition) is 1. The summed E-state index contributed by atoms with van der Waals surface area (Å²) in [7, 11) is 0. The lowest BCUT2D eigenvalue weighted by Gasteiger charge is -2.24. The van der Waals surface area contributed by atoms with Crippen LogP contribution in [0.4, 0.5) is 0 Å². The van der Waals surface area contributed by atoms with Crippen LogP contribution in [0.3, 0.4) is 0 Å². The van der Waals surface area contributed by atoms with E-state index < -0.39 is 6.10 Å². The Kier molecular flexibility index (Phi) is 7.06. The van der Waals surface area contributed by atoms with E-state index in [4.69, 9.17) is 4.74 Å². The van der Waals surface area contributed by atoms with E-state index in [2.05, 4.69) is 70.3 Å². The van der Waals surface area contributed by atoms with Crippen molar-refractivity contribution in [1.29, 1.82) is 0 Å². The standard InChI is InChI=1S/C24H33NO2/c1-8-22(21-12-10-16(4)13-18(21)6)25-24(26)19(7)27-23-14-17(5)9-11-20(23)15(2)3/h9-15,19,22H,8H2,1-7H3,(H,25,26)/t19-,22+/m1/s1. The third-order valence-electron chi connectivity index (χ3n) is 4.99. The quantitative estimate of drug-likeness (QED) is 0.674. The molecule has 0 saturated carbocycles. The minimum absolute atomic E-state index is 0.00812. The maximum absolute atomic E-state index is 12.8. The van der Waals surface area contributed by atoms with Gasteiger partial charge in [-0.15, -0.1) is 0 Å². The first kappa shape index (κ1) is 21.0. The topological polar surface area (TPSA) is 38.3 Å². The van der Waals surface area contributed by atoms with E-state index in [1.54, 1.807) is 0 Å². The molecule has 0 aliphatic carbocycles. The van der Waals surface area contributed by atoms with Gasteiger partial charge in [0.2, 0.25) is 0 Å². The fourth-order valence-electron chi connectivity index (χ4n) is 3.37. The lowest BCUT2D eigenvalue weighted by atomic mass is 9.97. The predicted molar refractivity (Wildman–Crippen MR) is 112 cm³/mol. The maximum atomic E-state index is 12.8. The molecule has 0 saturated heterocycles. The Morgan fingerprint density at radius 3 is 2.11 bits per heavy atom. The largest absolute Gasteiger partial charge is 0.481 e. The Morgan fingerprint density at radius 1 is 0.963 bits per heavy atom. The van der Waals surface area contributed by atoms with Gasteiger partial charge in [0, 0.05) is 0 Å². The van der Waals surface area contributed by atoms with Crippen LogP contribution < -0.4 is 10.1 Å². The minimum atomic E-state index is -0.552. The van der Waals surface area contributed by atoms with Crippen molar-refractivity contribution in [2.45, 2.75) is 73.0 Å². The van der Waals surface area contributed by atoms with Crippen LogP contribution in [-0.2, 0) is 4.79 Å². The fraction of sp³-hybridized carbons (Fsp3) is 0.458. The van der Waals surface area contributed by atoms with Crippen molar-refractivity contribution in [1.82, 2.24) is 5.32 Å². The van der Waals surface area contributed by atoms with E-state index >= 15 is 0 Å². The van der Waals surface area contributed by atoms with Gasteiger partial charge in [-0.3, -0.25) is 4.79 Å². The monoisotopic (exact) mass is 367 g/mol. The average molecular weight is 368 g/mol. The second-order valence-corrected chi connectivity index (χ2v) is 7.79. The maximum Gasteiger partial charge on any atom is 0.261 e. The number of ether oxygens (including phenoxy) is 1. The molecule has 2 rings (SSSR count). The third kappa shape index (κ3) is 5.35. The van der Waals surface area contributed by atoms with E-state index in [1.807, 2.05) is 19.9 Å². The first-order valence-corrected chi connectivity index (χ1v) is 9.87. The highest BCUT2D eigenvalue weighted by molar-refractivity contribution is 5.81. The van der Waals surface area contributed by atoms with Gasteiger partial charge in [-0.05, 0) is 68.4 Å². The fourth-order valence-corrected chi connectivity index (χ4v) is 3.37. The number of nitrogens with one attached hydrogen (secondary N) is 1. The molecule has 0 heterocycles. The van der Waals surface area contributed by atoms with Gasteiger partial charge in [0.25, 0.3) is 5.91 Å². The molecule has 0 bridgehead atoms. The number of aryl methyl sites for hydroxylation is 3. The summed E-state index contributed by atoms with van der Waals surface area (Å²) in [5.74, 6) is 1.06. The molecule has 146 valence electrons. The zero-order valence-electron chi connectivity index (χ0n) is 17.7. The lowest BCUT2D eigenvalue weighted by Crippen LogP contribution is -2.38. The van der Waals surface area contributed by atoms with Crippen LogP contribution in [0, 0.1) is 20.8 Å².